The van der Waals surface area contributed by atoms with E-state index in [-0.39, 0.29) is 29.7 Å². The minimum absolute atomic E-state index is 0.0375. The van der Waals surface area contributed by atoms with Gasteiger partial charge in [-0.05, 0) is 115 Å². The molecule has 4 aromatic rings. The summed E-state index contributed by atoms with van der Waals surface area (Å²) in [5.41, 5.74) is 12.2. The SMILES string of the molecule is C1=CCC(C2NC(C3=C(C4=CC=CC5c6c(ccc7c6c6ccccc6n7C6C=CC=CC6)SC45)NCC(c4cccc(C5CC=CCC5)c4)=C3)[N-]C(C3C=CCCC3)N2)C=C1. The van der Waals surface area contributed by atoms with Gasteiger partial charge in [-0.2, -0.15) is 0 Å². The topological polar surface area (TPSA) is 55.1 Å². The average molecular weight is 831 g/mol. The van der Waals surface area contributed by atoms with E-state index >= 15 is 0 Å². The van der Waals surface area contributed by atoms with Gasteiger partial charge >= 0.3 is 0 Å². The summed E-state index contributed by atoms with van der Waals surface area (Å²) >= 11 is 2.06. The Morgan fingerprint density at radius 3 is 2.52 bits per heavy atom. The zero-order chi connectivity index (χ0) is 41.0. The molecule has 62 heavy (non-hydrogen) atoms. The standard InChI is InChI=1S/C56H56N5S/c1-5-17-36(18-6-1)39-23-15-24-40(33-39)41-34-46(56-59-54(37-19-7-2-8-20-37)58-55(60-56)38-21-9-3-10-22-38)52(57-35-41)45-29-16-28-44-51-49(62-53(44)45)32-31-48-50(51)43-27-13-14-30-47(43)61(48)42-25-11-4-12-26-42/h1-2,4-5,7-9,11-16,19,21,23-25,27-34,36-38,42,44,53-59H,3,6,10,17-18,20,22,26,35H2/q-1. The predicted octanol–water partition coefficient (Wildman–Crippen LogP) is 12.7. The molecule has 0 saturated carbocycles. The van der Waals surface area contributed by atoms with E-state index in [1.54, 1.807) is 0 Å². The zero-order valence-corrected chi connectivity index (χ0v) is 36.2. The van der Waals surface area contributed by atoms with E-state index in [0.29, 0.717) is 23.8 Å². The second kappa shape index (κ2) is 16.5. The summed E-state index contributed by atoms with van der Waals surface area (Å²) < 4.78 is 2.60. The quantitative estimate of drug-likeness (QED) is 0.162. The van der Waals surface area contributed by atoms with Gasteiger partial charge in [0.05, 0.1) is 17.7 Å². The summed E-state index contributed by atoms with van der Waals surface area (Å²) in [5, 5.41) is 21.1. The first-order valence-corrected chi connectivity index (χ1v) is 24.2. The lowest BCUT2D eigenvalue weighted by molar-refractivity contribution is 0.235. The molecule has 1 aromatic heterocycles. The average Bonchev–Trinajstić information content (AvgIpc) is 3.91. The first-order chi connectivity index (χ1) is 30.7. The van der Waals surface area contributed by atoms with Crippen LogP contribution < -0.4 is 16.0 Å². The number of hydrogen-bond acceptors (Lipinski definition) is 4. The summed E-state index contributed by atoms with van der Waals surface area (Å²) in [6, 6.07) is 23.7. The molecule has 5 aliphatic carbocycles. The van der Waals surface area contributed by atoms with Gasteiger partial charge in [-0.15, -0.1) is 11.8 Å². The van der Waals surface area contributed by atoms with Crippen LogP contribution in [-0.4, -0.2) is 34.9 Å². The van der Waals surface area contributed by atoms with Crippen LogP contribution in [0.15, 0.2) is 180 Å². The number of hydrogen-bond donors (Lipinski definition) is 3. The smallest absolute Gasteiger partial charge is 0.0616 e. The Labute approximate surface area is 371 Å². The molecule has 9 atom stereocenters. The van der Waals surface area contributed by atoms with Crippen molar-refractivity contribution in [3.8, 4) is 0 Å². The van der Waals surface area contributed by atoms with E-state index in [4.69, 9.17) is 5.32 Å². The number of rotatable bonds is 7. The first-order valence-electron chi connectivity index (χ1n) is 23.4. The second-order valence-corrected chi connectivity index (χ2v) is 19.6. The molecule has 9 unspecified atom stereocenters. The van der Waals surface area contributed by atoms with Crippen LogP contribution in [0, 0.1) is 11.8 Å². The van der Waals surface area contributed by atoms with Gasteiger partial charge in [-0.3, -0.25) is 0 Å². The molecular formula is C56H56N5S-. The molecule has 0 radical (unpaired) electrons. The Hall–Kier alpha value is -5.11. The van der Waals surface area contributed by atoms with E-state index in [1.165, 1.54) is 91.5 Å². The highest BCUT2D eigenvalue weighted by Crippen LogP contribution is 2.56. The minimum atomic E-state index is -0.174. The van der Waals surface area contributed by atoms with Crippen molar-refractivity contribution >= 4 is 39.1 Å². The van der Waals surface area contributed by atoms with Gasteiger partial charge < -0.3 is 25.8 Å². The third-order valence-corrected chi connectivity index (χ3v) is 16.2. The summed E-state index contributed by atoms with van der Waals surface area (Å²) in [6.07, 6.45) is 46.5. The molecule has 4 heterocycles. The zero-order valence-electron chi connectivity index (χ0n) is 35.4. The second-order valence-electron chi connectivity index (χ2n) is 18.4. The van der Waals surface area contributed by atoms with Gasteiger partial charge in [-0.1, -0.05) is 152 Å². The van der Waals surface area contributed by atoms with Crippen LogP contribution in [0.4, 0.5) is 0 Å². The fourth-order valence-electron chi connectivity index (χ4n) is 11.7. The molecule has 0 amide bonds. The van der Waals surface area contributed by atoms with E-state index in [0.717, 1.165) is 32.2 Å². The van der Waals surface area contributed by atoms with E-state index in [9.17, 15) is 0 Å². The molecule has 3 aliphatic heterocycles. The van der Waals surface area contributed by atoms with Gasteiger partial charge in [0.15, 0.2) is 0 Å². The molecule has 1 saturated heterocycles. The summed E-state index contributed by atoms with van der Waals surface area (Å²) in [7, 11) is 0. The maximum absolute atomic E-state index is 5.75. The number of nitrogens with zero attached hydrogens (tertiary/aromatic N) is 2. The van der Waals surface area contributed by atoms with Crippen molar-refractivity contribution < 1.29 is 0 Å². The molecule has 1 fully saturated rings. The largest absolute Gasteiger partial charge is 0.628 e. The monoisotopic (exact) mass is 830 g/mol. The van der Waals surface area contributed by atoms with Crippen molar-refractivity contribution in [3.05, 3.63) is 197 Å². The number of nitrogens with one attached hydrogen (secondary N) is 3. The molecule has 3 N–H and O–H groups in total. The fourth-order valence-corrected chi connectivity index (χ4v) is 13.1. The van der Waals surface area contributed by atoms with Crippen molar-refractivity contribution in [2.45, 2.75) is 97.9 Å². The number of thioether (sulfide) groups is 1. The number of benzene rings is 3. The van der Waals surface area contributed by atoms with E-state index in [2.05, 4.69) is 190 Å². The number of allylic oxidation sites excluding steroid dienone is 14. The van der Waals surface area contributed by atoms with Crippen LogP contribution in [-0.2, 0) is 0 Å². The molecule has 0 spiro atoms. The molecular weight excluding hydrogens is 775 g/mol. The molecule has 312 valence electrons. The van der Waals surface area contributed by atoms with Crippen molar-refractivity contribution in [1.82, 2.24) is 20.5 Å². The van der Waals surface area contributed by atoms with Crippen molar-refractivity contribution in [2.75, 3.05) is 6.54 Å². The lowest BCUT2D eigenvalue weighted by atomic mass is 9.82. The number of aromatic nitrogens is 1. The van der Waals surface area contributed by atoms with E-state index < -0.39 is 0 Å². The third-order valence-electron chi connectivity index (χ3n) is 14.8. The Bertz CT molecular complexity index is 2720. The molecule has 3 aromatic carbocycles. The Morgan fingerprint density at radius 2 is 1.66 bits per heavy atom. The maximum atomic E-state index is 5.75. The number of dihydropyridines is 1. The molecule has 8 aliphatic rings. The Morgan fingerprint density at radius 1 is 0.726 bits per heavy atom. The third kappa shape index (κ3) is 6.91. The van der Waals surface area contributed by atoms with Crippen LogP contribution in [0.25, 0.3) is 32.7 Å². The van der Waals surface area contributed by atoms with Crippen LogP contribution in [0.2, 0.25) is 0 Å². The molecule has 12 rings (SSSR count). The minimum Gasteiger partial charge on any atom is -0.628 e. The van der Waals surface area contributed by atoms with Crippen LogP contribution in [0.1, 0.15) is 85.9 Å². The van der Waals surface area contributed by atoms with Crippen LogP contribution in [0.5, 0.6) is 0 Å². The first kappa shape index (κ1) is 38.6. The summed E-state index contributed by atoms with van der Waals surface area (Å²) in [5.74, 6) is 1.57. The van der Waals surface area contributed by atoms with Crippen LogP contribution in [0.3, 0.4) is 0 Å². The van der Waals surface area contributed by atoms with Gasteiger partial charge in [0.25, 0.3) is 0 Å². The Balaban J connectivity index is 0.969. The van der Waals surface area contributed by atoms with Crippen molar-refractivity contribution in [3.63, 3.8) is 0 Å². The van der Waals surface area contributed by atoms with Gasteiger partial charge in [0.2, 0.25) is 0 Å². The Kier molecular flexibility index (Phi) is 10.3. The maximum Gasteiger partial charge on any atom is 0.0616 e. The summed E-state index contributed by atoms with van der Waals surface area (Å²) in [6.45, 7) is 0.781. The van der Waals surface area contributed by atoms with Gasteiger partial charge in [0.1, 0.15) is 0 Å². The molecule has 5 nitrogen and oxygen atoms in total. The fraction of sp³-hybridized carbons (Fsp3) is 0.321. The molecule has 0 bridgehead atoms. The van der Waals surface area contributed by atoms with E-state index in [1.807, 2.05) is 0 Å². The predicted molar refractivity (Wildman–Crippen MR) is 260 cm³/mol. The van der Waals surface area contributed by atoms with Crippen molar-refractivity contribution in [2.24, 2.45) is 11.8 Å². The van der Waals surface area contributed by atoms with Crippen LogP contribution >= 0.6 is 11.8 Å². The normalized spacial score (nSPS) is 31.3. The highest BCUT2D eigenvalue weighted by molar-refractivity contribution is 8.00. The van der Waals surface area contributed by atoms with Gasteiger partial charge in [0, 0.05) is 50.5 Å². The van der Waals surface area contributed by atoms with Crippen molar-refractivity contribution in [1.29, 1.82) is 0 Å². The number of para-hydroxylation sites is 1. The lowest BCUT2D eigenvalue weighted by Crippen LogP contribution is -2.62. The lowest BCUT2D eigenvalue weighted by Gasteiger charge is -2.55. The highest BCUT2D eigenvalue weighted by atomic mass is 32.2. The molecule has 6 heteroatoms. The summed E-state index contributed by atoms with van der Waals surface area (Å²) in [4.78, 5) is 1.40. The number of fused-ring (bicyclic) bond motifs is 7. The van der Waals surface area contributed by atoms with Gasteiger partial charge in [-0.25, -0.2) is 0 Å². The highest BCUT2D eigenvalue weighted by Gasteiger charge is 2.41.